The molecule has 0 aromatic carbocycles. The second-order valence-corrected chi connectivity index (χ2v) is 5.56. The molecule has 1 amide bonds. The van der Waals surface area contributed by atoms with Crippen molar-refractivity contribution < 1.29 is 4.79 Å². The monoisotopic (exact) mass is 258 g/mol. The lowest BCUT2D eigenvalue weighted by molar-refractivity contribution is 0.102. The molecule has 5 heteroatoms. The highest BCUT2D eigenvalue weighted by Gasteiger charge is 2.19. The van der Waals surface area contributed by atoms with Crippen molar-refractivity contribution in [1.29, 1.82) is 0 Å². The van der Waals surface area contributed by atoms with Crippen LogP contribution >= 0.6 is 0 Å². The van der Waals surface area contributed by atoms with Gasteiger partial charge in [-0.1, -0.05) is 20.8 Å². The predicted octanol–water partition coefficient (Wildman–Crippen LogP) is 2.66. The number of nitrogens with one attached hydrogen (secondary N) is 2. The zero-order chi connectivity index (χ0) is 14.0. The van der Waals surface area contributed by atoms with Gasteiger partial charge in [0, 0.05) is 28.7 Å². The molecule has 2 aromatic rings. The van der Waals surface area contributed by atoms with Crippen LogP contribution < -0.4 is 5.32 Å². The number of aryl methyl sites for hydroxylation is 1. The molecule has 0 aliphatic carbocycles. The zero-order valence-electron chi connectivity index (χ0n) is 11.6. The highest BCUT2D eigenvalue weighted by Crippen LogP contribution is 2.20. The third-order valence-corrected chi connectivity index (χ3v) is 2.77. The smallest absolute Gasteiger partial charge is 0.276 e. The fourth-order valence-corrected chi connectivity index (χ4v) is 1.64. The van der Waals surface area contributed by atoms with Crippen LogP contribution in [0.5, 0.6) is 0 Å². The van der Waals surface area contributed by atoms with Crippen molar-refractivity contribution in [1.82, 2.24) is 15.2 Å². The minimum absolute atomic E-state index is 0.0568. The van der Waals surface area contributed by atoms with Gasteiger partial charge in [-0.25, -0.2) is 0 Å². The maximum Gasteiger partial charge on any atom is 0.276 e. The standard InChI is InChI=1S/C14H18N4O/c1-9-7-10(5-6-15-9)16-13(19)11-8-12(18-17-11)14(2,3)4/h5-8H,1-4H3,(H,17,18)(H,15,16,19). The van der Waals surface area contributed by atoms with Gasteiger partial charge in [-0.2, -0.15) is 5.10 Å². The Balaban J connectivity index is 2.14. The molecule has 5 nitrogen and oxygen atoms in total. The number of nitrogens with zero attached hydrogens (tertiary/aromatic N) is 2. The van der Waals surface area contributed by atoms with Gasteiger partial charge in [0.05, 0.1) is 0 Å². The van der Waals surface area contributed by atoms with E-state index in [1.165, 1.54) is 0 Å². The summed E-state index contributed by atoms with van der Waals surface area (Å²) in [5.74, 6) is -0.225. The average Bonchev–Trinajstić information content (AvgIpc) is 2.77. The van der Waals surface area contributed by atoms with Crippen LogP contribution in [0.2, 0.25) is 0 Å². The first-order chi connectivity index (χ1) is 8.86. The van der Waals surface area contributed by atoms with Gasteiger partial charge in [0.15, 0.2) is 5.69 Å². The fraction of sp³-hybridized carbons (Fsp3) is 0.357. The molecule has 0 fully saturated rings. The van der Waals surface area contributed by atoms with E-state index in [0.717, 1.165) is 17.1 Å². The van der Waals surface area contributed by atoms with Gasteiger partial charge in [0.25, 0.3) is 5.91 Å². The van der Waals surface area contributed by atoms with Gasteiger partial charge >= 0.3 is 0 Å². The van der Waals surface area contributed by atoms with Gasteiger partial charge in [-0.3, -0.25) is 14.9 Å². The normalized spacial score (nSPS) is 11.4. The molecule has 19 heavy (non-hydrogen) atoms. The van der Waals surface area contributed by atoms with E-state index < -0.39 is 0 Å². The molecule has 2 N–H and O–H groups in total. The summed E-state index contributed by atoms with van der Waals surface area (Å²) in [6, 6.07) is 5.35. The summed E-state index contributed by atoms with van der Waals surface area (Å²) < 4.78 is 0. The Hall–Kier alpha value is -2.17. The molecule has 0 aliphatic rings. The van der Waals surface area contributed by atoms with E-state index in [4.69, 9.17) is 0 Å². The van der Waals surface area contributed by atoms with Gasteiger partial charge in [-0.05, 0) is 25.1 Å². The quantitative estimate of drug-likeness (QED) is 0.870. The van der Waals surface area contributed by atoms with Gasteiger partial charge < -0.3 is 5.32 Å². The third-order valence-electron chi connectivity index (χ3n) is 2.77. The molecule has 2 heterocycles. The minimum atomic E-state index is -0.225. The van der Waals surface area contributed by atoms with E-state index in [-0.39, 0.29) is 11.3 Å². The van der Waals surface area contributed by atoms with Crippen LogP contribution in [0.4, 0.5) is 5.69 Å². The van der Waals surface area contributed by atoms with Gasteiger partial charge in [-0.15, -0.1) is 0 Å². The van der Waals surface area contributed by atoms with Crippen molar-refractivity contribution in [3.8, 4) is 0 Å². The molecular formula is C14H18N4O. The number of amides is 1. The number of anilines is 1. The summed E-state index contributed by atoms with van der Waals surface area (Å²) in [4.78, 5) is 16.1. The molecule has 0 unspecified atom stereocenters. The first-order valence-corrected chi connectivity index (χ1v) is 6.16. The van der Waals surface area contributed by atoms with E-state index in [9.17, 15) is 4.79 Å². The number of pyridine rings is 1. The van der Waals surface area contributed by atoms with Crippen LogP contribution in [0.1, 0.15) is 42.6 Å². The number of H-pyrrole nitrogens is 1. The topological polar surface area (TPSA) is 70.7 Å². The predicted molar refractivity (Wildman–Crippen MR) is 74.2 cm³/mol. The molecule has 100 valence electrons. The Labute approximate surface area is 112 Å². The van der Waals surface area contributed by atoms with Crippen molar-refractivity contribution in [3.05, 3.63) is 41.5 Å². The Bertz CT molecular complexity index is 595. The van der Waals surface area contributed by atoms with Gasteiger partial charge in [0.2, 0.25) is 0 Å². The van der Waals surface area contributed by atoms with E-state index in [1.807, 2.05) is 13.0 Å². The molecule has 0 atom stereocenters. The van der Waals surface area contributed by atoms with Crippen LogP contribution in [0.15, 0.2) is 24.4 Å². The molecule has 2 aromatic heterocycles. The molecule has 0 bridgehead atoms. The Kier molecular flexibility index (Phi) is 3.38. The number of rotatable bonds is 2. The maximum absolute atomic E-state index is 12.1. The fourth-order valence-electron chi connectivity index (χ4n) is 1.64. The highest BCUT2D eigenvalue weighted by atomic mass is 16.1. The lowest BCUT2D eigenvalue weighted by Crippen LogP contribution is -2.13. The van der Waals surface area contributed by atoms with Gasteiger partial charge in [0.1, 0.15) is 0 Å². The summed E-state index contributed by atoms with van der Waals surface area (Å²) in [5.41, 5.74) is 2.84. The lowest BCUT2D eigenvalue weighted by Gasteiger charge is -2.14. The van der Waals surface area contributed by atoms with E-state index in [1.54, 1.807) is 18.3 Å². The van der Waals surface area contributed by atoms with Crippen molar-refractivity contribution in [3.63, 3.8) is 0 Å². The highest BCUT2D eigenvalue weighted by molar-refractivity contribution is 6.02. The number of hydrogen-bond donors (Lipinski definition) is 2. The van der Waals surface area contributed by atoms with E-state index >= 15 is 0 Å². The molecular weight excluding hydrogens is 240 g/mol. The molecule has 0 saturated carbocycles. The van der Waals surface area contributed by atoms with Crippen LogP contribution in [-0.4, -0.2) is 21.1 Å². The minimum Gasteiger partial charge on any atom is -0.320 e. The summed E-state index contributed by atoms with van der Waals surface area (Å²) in [6.07, 6.45) is 1.66. The van der Waals surface area contributed by atoms with Crippen LogP contribution in [-0.2, 0) is 5.41 Å². The van der Waals surface area contributed by atoms with Crippen LogP contribution in [0.25, 0.3) is 0 Å². The molecule has 0 saturated heterocycles. The summed E-state index contributed by atoms with van der Waals surface area (Å²) in [7, 11) is 0. The molecule has 0 aliphatic heterocycles. The number of hydrogen-bond acceptors (Lipinski definition) is 3. The Morgan fingerprint density at radius 2 is 2.05 bits per heavy atom. The Morgan fingerprint density at radius 3 is 2.63 bits per heavy atom. The molecule has 2 rings (SSSR count). The summed E-state index contributed by atoms with van der Waals surface area (Å²) in [5, 5.41) is 9.75. The third kappa shape index (κ3) is 3.19. The number of carbonyl (C=O) groups excluding carboxylic acids is 1. The second-order valence-electron chi connectivity index (χ2n) is 5.56. The zero-order valence-corrected chi connectivity index (χ0v) is 11.6. The number of carbonyl (C=O) groups is 1. The van der Waals surface area contributed by atoms with E-state index in [2.05, 4.69) is 41.3 Å². The largest absolute Gasteiger partial charge is 0.320 e. The van der Waals surface area contributed by atoms with Crippen molar-refractivity contribution >= 4 is 11.6 Å². The second kappa shape index (κ2) is 4.84. The van der Waals surface area contributed by atoms with Crippen LogP contribution in [0.3, 0.4) is 0 Å². The maximum atomic E-state index is 12.1. The number of aromatic amines is 1. The average molecular weight is 258 g/mol. The van der Waals surface area contributed by atoms with Crippen molar-refractivity contribution in [2.24, 2.45) is 0 Å². The summed E-state index contributed by atoms with van der Waals surface area (Å²) in [6.45, 7) is 8.07. The molecule has 0 radical (unpaired) electrons. The first kappa shape index (κ1) is 13.3. The van der Waals surface area contributed by atoms with Crippen molar-refractivity contribution in [2.75, 3.05) is 5.32 Å². The lowest BCUT2D eigenvalue weighted by atomic mass is 9.92. The first-order valence-electron chi connectivity index (χ1n) is 6.16. The van der Waals surface area contributed by atoms with Crippen LogP contribution in [0, 0.1) is 6.92 Å². The van der Waals surface area contributed by atoms with E-state index in [0.29, 0.717) is 5.69 Å². The number of aromatic nitrogens is 3. The SMILES string of the molecule is Cc1cc(NC(=O)c2cc(C(C)(C)C)[nH]n2)ccn1. The molecule has 0 spiro atoms. The van der Waals surface area contributed by atoms with Crippen molar-refractivity contribution in [2.45, 2.75) is 33.1 Å². The summed E-state index contributed by atoms with van der Waals surface area (Å²) >= 11 is 0. The Morgan fingerprint density at radius 1 is 1.32 bits per heavy atom.